The summed E-state index contributed by atoms with van der Waals surface area (Å²) in [6.07, 6.45) is 2.15. The lowest BCUT2D eigenvalue weighted by Gasteiger charge is -2.27. The summed E-state index contributed by atoms with van der Waals surface area (Å²) in [6, 6.07) is 19.6. The van der Waals surface area contributed by atoms with Crippen LogP contribution in [0.3, 0.4) is 0 Å². The van der Waals surface area contributed by atoms with Crippen LogP contribution >= 0.6 is 0 Å². The maximum Gasteiger partial charge on any atom is 0.0496 e. The van der Waals surface area contributed by atoms with Gasteiger partial charge in [-0.2, -0.15) is 0 Å². The van der Waals surface area contributed by atoms with Crippen LogP contribution in [-0.2, 0) is 11.2 Å². The first-order valence-corrected chi connectivity index (χ1v) is 8.65. The number of hydrogen-bond acceptors (Lipinski definition) is 1. The van der Waals surface area contributed by atoms with E-state index in [1.54, 1.807) is 7.11 Å². The van der Waals surface area contributed by atoms with E-state index in [1.165, 1.54) is 22.6 Å². The molecule has 0 fully saturated rings. The standard InChI is InChI=1S/C22H29O/c1-5-17(2)20-13-9-10-14-21(20)22(18(3)16-23-4)15-19-11-7-6-8-12-19/h6-14,17-18H,5,15-16H2,1-4H3. The fourth-order valence-electron chi connectivity index (χ4n) is 3.14. The van der Waals surface area contributed by atoms with Gasteiger partial charge in [0.1, 0.15) is 0 Å². The summed E-state index contributed by atoms with van der Waals surface area (Å²) >= 11 is 0. The molecule has 0 saturated heterocycles. The van der Waals surface area contributed by atoms with Crippen LogP contribution in [0.5, 0.6) is 0 Å². The van der Waals surface area contributed by atoms with Crippen molar-refractivity contribution in [1.29, 1.82) is 0 Å². The van der Waals surface area contributed by atoms with Crippen LogP contribution < -0.4 is 0 Å². The van der Waals surface area contributed by atoms with E-state index in [-0.39, 0.29) is 0 Å². The van der Waals surface area contributed by atoms with Gasteiger partial charge in [-0.15, -0.1) is 0 Å². The van der Waals surface area contributed by atoms with Crippen molar-refractivity contribution in [3.05, 3.63) is 77.2 Å². The van der Waals surface area contributed by atoms with Gasteiger partial charge < -0.3 is 4.74 Å². The Hall–Kier alpha value is -1.60. The fourth-order valence-corrected chi connectivity index (χ4v) is 3.14. The Morgan fingerprint density at radius 3 is 2.26 bits per heavy atom. The number of benzene rings is 2. The van der Waals surface area contributed by atoms with Crippen molar-refractivity contribution in [1.82, 2.24) is 0 Å². The predicted molar refractivity (Wildman–Crippen MR) is 98.7 cm³/mol. The highest BCUT2D eigenvalue weighted by molar-refractivity contribution is 5.43. The molecule has 2 unspecified atom stereocenters. The van der Waals surface area contributed by atoms with Crippen molar-refractivity contribution >= 4 is 0 Å². The second kappa shape index (κ2) is 8.88. The molecule has 0 saturated carbocycles. The summed E-state index contributed by atoms with van der Waals surface area (Å²) in [6.45, 7) is 7.61. The molecule has 2 atom stereocenters. The molecule has 1 heteroatoms. The average Bonchev–Trinajstić information content (AvgIpc) is 2.60. The molecule has 2 aromatic carbocycles. The van der Waals surface area contributed by atoms with E-state index in [9.17, 15) is 0 Å². The Balaban J connectivity index is 2.37. The van der Waals surface area contributed by atoms with Gasteiger partial charge in [0.15, 0.2) is 0 Å². The first-order valence-electron chi connectivity index (χ1n) is 8.65. The first kappa shape index (κ1) is 17.7. The SMILES string of the molecule is CCC(C)c1ccccc1[C](Cc1ccccc1)C(C)COC. The van der Waals surface area contributed by atoms with Crippen LogP contribution in [0.15, 0.2) is 54.6 Å². The Morgan fingerprint density at radius 1 is 0.957 bits per heavy atom. The number of methoxy groups -OCH3 is 1. The van der Waals surface area contributed by atoms with Crippen LogP contribution in [0.2, 0.25) is 0 Å². The lowest BCUT2D eigenvalue weighted by molar-refractivity contribution is 0.165. The molecule has 2 rings (SSSR count). The van der Waals surface area contributed by atoms with E-state index in [1.807, 2.05) is 0 Å². The summed E-state index contributed by atoms with van der Waals surface area (Å²) < 4.78 is 5.45. The third kappa shape index (κ3) is 4.68. The Bertz CT molecular complexity index is 576. The van der Waals surface area contributed by atoms with Gasteiger partial charge in [-0.1, -0.05) is 75.4 Å². The minimum absolute atomic E-state index is 0.408. The summed E-state index contributed by atoms with van der Waals surface area (Å²) in [4.78, 5) is 0. The van der Waals surface area contributed by atoms with Crippen LogP contribution in [0.25, 0.3) is 0 Å². The Morgan fingerprint density at radius 2 is 1.61 bits per heavy atom. The fraction of sp³-hybridized carbons (Fsp3) is 0.409. The van der Waals surface area contributed by atoms with Crippen LogP contribution in [0.4, 0.5) is 0 Å². The third-order valence-corrected chi connectivity index (χ3v) is 4.70. The van der Waals surface area contributed by atoms with E-state index in [4.69, 9.17) is 4.74 Å². The van der Waals surface area contributed by atoms with E-state index in [0.29, 0.717) is 11.8 Å². The highest BCUT2D eigenvalue weighted by Gasteiger charge is 2.24. The second-order valence-electron chi connectivity index (χ2n) is 6.44. The van der Waals surface area contributed by atoms with E-state index < -0.39 is 0 Å². The molecule has 0 spiro atoms. The minimum Gasteiger partial charge on any atom is -0.384 e. The molecule has 2 aromatic rings. The molecule has 0 heterocycles. The van der Waals surface area contributed by atoms with Crippen LogP contribution in [0, 0.1) is 11.8 Å². The average molecular weight is 309 g/mol. The topological polar surface area (TPSA) is 9.23 Å². The first-order chi connectivity index (χ1) is 11.2. The number of hydrogen-bond donors (Lipinski definition) is 0. The summed E-state index contributed by atoms with van der Waals surface area (Å²) in [5.41, 5.74) is 4.24. The largest absolute Gasteiger partial charge is 0.384 e. The maximum atomic E-state index is 5.45. The molecule has 0 amide bonds. The van der Waals surface area contributed by atoms with Crippen molar-refractivity contribution in [2.45, 2.75) is 39.5 Å². The molecule has 1 radical (unpaired) electrons. The van der Waals surface area contributed by atoms with Gasteiger partial charge in [0.25, 0.3) is 0 Å². The van der Waals surface area contributed by atoms with Gasteiger partial charge in [0.2, 0.25) is 0 Å². The monoisotopic (exact) mass is 309 g/mol. The maximum absolute atomic E-state index is 5.45. The zero-order valence-electron chi connectivity index (χ0n) is 14.9. The molecule has 0 aliphatic carbocycles. The predicted octanol–water partition coefficient (Wildman–Crippen LogP) is 5.65. The van der Waals surface area contributed by atoms with E-state index >= 15 is 0 Å². The molecular weight excluding hydrogens is 280 g/mol. The summed E-state index contributed by atoms with van der Waals surface area (Å²) in [5.74, 6) is 2.46. The van der Waals surface area contributed by atoms with Gasteiger partial charge in [0, 0.05) is 19.6 Å². The normalized spacial score (nSPS) is 14.0. The van der Waals surface area contributed by atoms with E-state index in [0.717, 1.165) is 19.4 Å². The Kier molecular flexibility index (Phi) is 6.85. The highest BCUT2D eigenvalue weighted by Crippen LogP contribution is 2.34. The van der Waals surface area contributed by atoms with E-state index in [2.05, 4.69) is 75.4 Å². The number of rotatable bonds is 8. The van der Waals surface area contributed by atoms with Crippen molar-refractivity contribution in [3.63, 3.8) is 0 Å². The molecule has 0 aliphatic heterocycles. The van der Waals surface area contributed by atoms with Crippen LogP contribution in [-0.4, -0.2) is 13.7 Å². The molecule has 1 nitrogen and oxygen atoms in total. The lowest BCUT2D eigenvalue weighted by Crippen LogP contribution is -2.20. The van der Waals surface area contributed by atoms with Gasteiger partial charge >= 0.3 is 0 Å². The summed E-state index contributed by atoms with van der Waals surface area (Å²) in [7, 11) is 1.79. The lowest BCUT2D eigenvalue weighted by atomic mass is 9.78. The third-order valence-electron chi connectivity index (χ3n) is 4.70. The van der Waals surface area contributed by atoms with Gasteiger partial charge in [-0.25, -0.2) is 0 Å². The summed E-state index contributed by atoms with van der Waals surface area (Å²) in [5, 5.41) is 0. The number of ether oxygens (including phenoxy) is 1. The van der Waals surface area contributed by atoms with Crippen molar-refractivity contribution in [2.75, 3.05) is 13.7 Å². The van der Waals surface area contributed by atoms with Crippen molar-refractivity contribution < 1.29 is 4.74 Å². The van der Waals surface area contributed by atoms with Crippen molar-refractivity contribution in [2.24, 2.45) is 5.92 Å². The molecule has 0 aliphatic rings. The molecule has 23 heavy (non-hydrogen) atoms. The smallest absolute Gasteiger partial charge is 0.0496 e. The zero-order valence-corrected chi connectivity index (χ0v) is 14.9. The second-order valence-corrected chi connectivity index (χ2v) is 6.44. The molecular formula is C22H29O. The van der Waals surface area contributed by atoms with Crippen LogP contribution in [0.1, 0.15) is 49.8 Å². The minimum atomic E-state index is 0.408. The van der Waals surface area contributed by atoms with Gasteiger partial charge in [-0.3, -0.25) is 0 Å². The highest BCUT2D eigenvalue weighted by atomic mass is 16.5. The molecule has 0 bridgehead atoms. The van der Waals surface area contributed by atoms with Gasteiger partial charge in [-0.05, 0) is 41.4 Å². The Labute approximate surface area is 141 Å². The van der Waals surface area contributed by atoms with Crippen molar-refractivity contribution in [3.8, 4) is 0 Å². The molecule has 0 N–H and O–H groups in total. The zero-order chi connectivity index (χ0) is 16.7. The van der Waals surface area contributed by atoms with Gasteiger partial charge in [0.05, 0.1) is 0 Å². The quantitative estimate of drug-likeness (QED) is 0.612. The molecule has 0 aromatic heterocycles. The molecule has 123 valence electrons.